The molecule has 0 radical (unpaired) electrons. The summed E-state index contributed by atoms with van der Waals surface area (Å²) in [5.41, 5.74) is 0.351. The van der Waals surface area contributed by atoms with Crippen molar-refractivity contribution in [3.63, 3.8) is 0 Å². The van der Waals surface area contributed by atoms with Gasteiger partial charge in [0.1, 0.15) is 5.02 Å². The van der Waals surface area contributed by atoms with Crippen LogP contribution >= 0.6 is 11.6 Å². The molecule has 1 aromatic rings. The second-order valence-corrected chi connectivity index (χ2v) is 5.71. The van der Waals surface area contributed by atoms with Crippen molar-refractivity contribution in [1.82, 2.24) is 15.1 Å². The van der Waals surface area contributed by atoms with Gasteiger partial charge in [-0.1, -0.05) is 11.6 Å². The highest BCUT2D eigenvalue weighted by Crippen LogP contribution is 2.24. The molecule has 0 bridgehead atoms. The Morgan fingerprint density at radius 2 is 2.24 bits per heavy atom. The van der Waals surface area contributed by atoms with Crippen LogP contribution in [0.25, 0.3) is 0 Å². The molecule has 0 aromatic carbocycles. The van der Waals surface area contributed by atoms with Crippen molar-refractivity contribution in [3.05, 3.63) is 21.6 Å². The van der Waals surface area contributed by atoms with Crippen molar-refractivity contribution in [2.45, 2.75) is 26.3 Å². The molecule has 2 heterocycles. The summed E-state index contributed by atoms with van der Waals surface area (Å²) in [6, 6.07) is 0. The van der Waals surface area contributed by atoms with E-state index in [1.54, 1.807) is 6.20 Å². The van der Waals surface area contributed by atoms with Crippen LogP contribution in [-0.2, 0) is 6.54 Å². The lowest BCUT2D eigenvalue weighted by atomic mass is 9.97. The van der Waals surface area contributed by atoms with Gasteiger partial charge in [0.25, 0.3) is 5.56 Å². The Hall–Kier alpha value is -1.11. The molecule has 21 heavy (non-hydrogen) atoms. The van der Waals surface area contributed by atoms with E-state index >= 15 is 0 Å². The molecule has 0 aliphatic carbocycles. The first-order valence-electron chi connectivity index (χ1n) is 7.49. The molecule has 7 heteroatoms. The largest absolute Gasteiger partial charge is 0.394 e. The molecule has 1 aromatic heterocycles. The number of anilines is 1. The van der Waals surface area contributed by atoms with Crippen molar-refractivity contribution >= 4 is 17.3 Å². The maximum atomic E-state index is 12.1. The van der Waals surface area contributed by atoms with Gasteiger partial charge in [-0.3, -0.25) is 4.79 Å². The lowest BCUT2D eigenvalue weighted by molar-refractivity contribution is 0.266. The van der Waals surface area contributed by atoms with Gasteiger partial charge >= 0.3 is 0 Å². The van der Waals surface area contributed by atoms with Crippen LogP contribution in [0.4, 0.5) is 5.69 Å². The van der Waals surface area contributed by atoms with Gasteiger partial charge in [-0.2, -0.15) is 5.10 Å². The van der Waals surface area contributed by atoms with Crippen LogP contribution in [0.1, 0.15) is 19.8 Å². The van der Waals surface area contributed by atoms with Gasteiger partial charge in [0.05, 0.1) is 25.0 Å². The van der Waals surface area contributed by atoms with Crippen LogP contribution in [0.15, 0.2) is 11.0 Å². The van der Waals surface area contributed by atoms with Crippen LogP contribution in [0.5, 0.6) is 0 Å². The van der Waals surface area contributed by atoms with Crippen molar-refractivity contribution in [2.24, 2.45) is 5.92 Å². The van der Waals surface area contributed by atoms with Gasteiger partial charge in [-0.05, 0) is 38.8 Å². The van der Waals surface area contributed by atoms with E-state index in [1.165, 1.54) is 4.68 Å². The van der Waals surface area contributed by atoms with Crippen LogP contribution < -0.4 is 15.8 Å². The highest BCUT2D eigenvalue weighted by Gasteiger charge is 2.20. The average Bonchev–Trinajstić information content (AvgIpc) is 2.51. The van der Waals surface area contributed by atoms with Crippen LogP contribution in [-0.4, -0.2) is 47.7 Å². The molecule has 0 atom stereocenters. The number of aliphatic hydroxyl groups excluding tert-OH is 1. The number of aliphatic hydroxyl groups is 1. The highest BCUT2D eigenvalue weighted by atomic mass is 35.5. The first-order valence-corrected chi connectivity index (χ1v) is 7.87. The van der Waals surface area contributed by atoms with E-state index in [9.17, 15) is 4.79 Å². The molecule has 1 aliphatic rings. The number of aromatic nitrogens is 2. The fourth-order valence-corrected chi connectivity index (χ4v) is 2.97. The van der Waals surface area contributed by atoms with Gasteiger partial charge in [-0.15, -0.1) is 0 Å². The van der Waals surface area contributed by atoms with E-state index in [1.807, 2.05) is 0 Å². The number of piperidine rings is 1. The second-order valence-electron chi connectivity index (χ2n) is 5.33. The number of nitrogens with one attached hydrogen (secondary N) is 1. The zero-order valence-corrected chi connectivity index (χ0v) is 13.1. The van der Waals surface area contributed by atoms with Crippen molar-refractivity contribution in [3.8, 4) is 0 Å². The predicted molar refractivity (Wildman–Crippen MR) is 84.1 cm³/mol. The van der Waals surface area contributed by atoms with E-state index < -0.39 is 0 Å². The Kier molecular flexibility index (Phi) is 6.02. The minimum absolute atomic E-state index is 0.130. The Morgan fingerprint density at radius 1 is 1.52 bits per heavy atom. The van der Waals surface area contributed by atoms with Gasteiger partial charge in [0.2, 0.25) is 0 Å². The van der Waals surface area contributed by atoms with Crippen LogP contribution in [0.3, 0.4) is 0 Å². The Bertz CT molecular complexity index is 514. The molecule has 2 N–H and O–H groups in total. The Balaban J connectivity index is 2.17. The summed E-state index contributed by atoms with van der Waals surface area (Å²) in [7, 11) is 0. The molecule has 118 valence electrons. The van der Waals surface area contributed by atoms with Gasteiger partial charge in [0.15, 0.2) is 0 Å². The van der Waals surface area contributed by atoms with Gasteiger partial charge in [-0.25, -0.2) is 4.68 Å². The molecule has 1 aliphatic heterocycles. The molecule has 1 saturated heterocycles. The maximum absolute atomic E-state index is 12.1. The lowest BCUT2D eigenvalue weighted by Crippen LogP contribution is -2.37. The smallest absolute Gasteiger partial charge is 0.287 e. The standard InChI is InChI=1S/C14H23ClN4O2/c1-2-18(10-11-3-5-16-6-4-11)12-9-17-19(7-8-20)14(21)13(12)15/h9,11,16,20H,2-8,10H2,1H3. The summed E-state index contributed by atoms with van der Waals surface area (Å²) in [4.78, 5) is 14.2. The summed E-state index contributed by atoms with van der Waals surface area (Å²) in [5.74, 6) is 0.613. The summed E-state index contributed by atoms with van der Waals surface area (Å²) < 4.78 is 1.20. The number of hydrogen-bond donors (Lipinski definition) is 2. The third-order valence-electron chi connectivity index (χ3n) is 3.94. The first-order chi connectivity index (χ1) is 10.2. The topological polar surface area (TPSA) is 70.4 Å². The summed E-state index contributed by atoms with van der Waals surface area (Å²) >= 11 is 6.22. The molecule has 0 spiro atoms. The Labute approximate surface area is 129 Å². The van der Waals surface area contributed by atoms with E-state index in [0.29, 0.717) is 11.6 Å². The van der Waals surface area contributed by atoms with Crippen molar-refractivity contribution in [1.29, 1.82) is 0 Å². The minimum Gasteiger partial charge on any atom is -0.394 e. The summed E-state index contributed by atoms with van der Waals surface area (Å²) in [6.45, 7) is 5.86. The lowest BCUT2D eigenvalue weighted by Gasteiger charge is -2.31. The van der Waals surface area contributed by atoms with Crippen LogP contribution in [0, 0.1) is 5.92 Å². The highest BCUT2D eigenvalue weighted by molar-refractivity contribution is 6.33. The monoisotopic (exact) mass is 314 g/mol. The normalized spacial score (nSPS) is 16.1. The second kappa shape index (κ2) is 7.77. The van der Waals surface area contributed by atoms with Crippen molar-refractivity contribution in [2.75, 3.05) is 37.7 Å². The number of nitrogens with zero attached hydrogens (tertiary/aromatic N) is 3. The van der Waals surface area contributed by atoms with E-state index in [0.717, 1.165) is 39.0 Å². The minimum atomic E-state index is -0.341. The molecular weight excluding hydrogens is 292 g/mol. The van der Waals surface area contributed by atoms with Crippen LogP contribution in [0.2, 0.25) is 5.02 Å². The van der Waals surface area contributed by atoms with Gasteiger partial charge in [0, 0.05) is 13.1 Å². The van der Waals surface area contributed by atoms with E-state index in [2.05, 4.69) is 22.2 Å². The molecule has 1 fully saturated rings. The molecule has 0 saturated carbocycles. The fraction of sp³-hybridized carbons (Fsp3) is 0.714. The predicted octanol–water partition coefficient (Wildman–Crippen LogP) is 0.715. The summed E-state index contributed by atoms with van der Waals surface area (Å²) in [5, 5.41) is 16.6. The number of rotatable bonds is 6. The molecule has 2 rings (SSSR count). The van der Waals surface area contributed by atoms with E-state index in [4.69, 9.17) is 16.7 Å². The van der Waals surface area contributed by atoms with Gasteiger partial charge < -0.3 is 15.3 Å². The third-order valence-corrected chi connectivity index (χ3v) is 4.29. The first kappa shape index (κ1) is 16.3. The molecule has 0 amide bonds. The Morgan fingerprint density at radius 3 is 2.86 bits per heavy atom. The van der Waals surface area contributed by atoms with E-state index in [-0.39, 0.29) is 23.7 Å². The SMILES string of the molecule is CCN(CC1CCNCC1)c1cnn(CCO)c(=O)c1Cl. The molecule has 6 nitrogen and oxygen atoms in total. The number of hydrogen-bond acceptors (Lipinski definition) is 5. The average molecular weight is 315 g/mol. The zero-order chi connectivity index (χ0) is 15.2. The van der Waals surface area contributed by atoms with Crippen molar-refractivity contribution < 1.29 is 5.11 Å². The maximum Gasteiger partial charge on any atom is 0.287 e. The quantitative estimate of drug-likeness (QED) is 0.809. The summed E-state index contributed by atoms with van der Waals surface area (Å²) in [6.07, 6.45) is 3.91. The fourth-order valence-electron chi connectivity index (χ4n) is 2.70. The third kappa shape index (κ3) is 3.96. The molecule has 0 unspecified atom stereocenters. The zero-order valence-electron chi connectivity index (χ0n) is 12.4. The molecular formula is C14H23ClN4O2. The number of halogens is 1.